The lowest BCUT2D eigenvalue weighted by Gasteiger charge is -2.38. The molecule has 0 aliphatic carbocycles. The molecule has 1 aliphatic heterocycles. The second-order valence-corrected chi connectivity index (χ2v) is 4.95. The molecule has 1 heterocycles. The standard InChI is InChI=1S/C14H22N2O.ClH/c15-9-4-10-16-11-7-14(17,8-12-16)13-5-2-1-3-6-13;/h1-3,5-6,17H,4,7-12,15H2;1H. The number of quaternary nitrogens is 1. The predicted molar refractivity (Wildman–Crippen MR) is 68.4 cm³/mol. The Bertz CT molecular complexity index is 337. The Morgan fingerprint density at radius 2 is 1.78 bits per heavy atom. The van der Waals surface area contributed by atoms with E-state index in [1.54, 1.807) is 0 Å². The van der Waals surface area contributed by atoms with Crippen LogP contribution in [-0.2, 0) is 5.60 Å². The Labute approximate surface area is 115 Å². The monoisotopic (exact) mass is 270 g/mol. The van der Waals surface area contributed by atoms with Gasteiger partial charge in [-0.25, -0.2) is 0 Å². The van der Waals surface area contributed by atoms with Crippen LogP contribution in [0.3, 0.4) is 0 Å². The quantitative estimate of drug-likeness (QED) is 0.641. The van der Waals surface area contributed by atoms with Crippen LogP contribution in [0.5, 0.6) is 0 Å². The van der Waals surface area contributed by atoms with Gasteiger partial charge in [-0.1, -0.05) is 30.3 Å². The summed E-state index contributed by atoms with van der Waals surface area (Å²) in [5, 5.41) is 10.6. The van der Waals surface area contributed by atoms with E-state index < -0.39 is 5.60 Å². The van der Waals surface area contributed by atoms with Crippen LogP contribution >= 0.6 is 0 Å². The zero-order chi connectivity index (χ0) is 12.1. The first kappa shape index (κ1) is 15.4. The van der Waals surface area contributed by atoms with E-state index in [4.69, 9.17) is 0 Å². The molecular weight excluding hydrogens is 248 g/mol. The molecule has 0 radical (unpaired) electrons. The molecule has 0 saturated carbocycles. The Kier molecular flexibility index (Phi) is 6.09. The fourth-order valence-electron chi connectivity index (χ4n) is 2.52. The van der Waals surface area contributed by atoms with Crippen molar-refractivity contribution in [1.29, 1.82) is 0 Å². The number of likely N-dealkylation sites (tertiary alicyclic amines) is 1. The number of hydrogen-bond acceptors (Lipinski definition) is 2. The van der Waals surface area contributed by atoms with E-state index in [9.17, 15) is 5.11 Å². The molecule has 1 saturated heterocycles. The van der Waals surface area contributed by atoms with E-state index in [2.05, 4.69) is 10.6 Å². The summed E-state index contributed by atoms with van der Waals surface area (Å²) in [5.74, 6) is 0. The Hall–Kier alpha value is -0.610. The topological polar surface area (TPSA) is 51.1 Å². The number of aliphatic hydroxyl groups is 1. The summed E-state index contributed by atoms with van der Waals surface area (Å²) < 4.78 is 0. The Morgan fingerprint density at radius 3 is 2.33 bits per heavy atom. The van der Waals surface area contributed by atoms with E-state index in [0.29, 0.717) is 0 Å². The van der Waals surface area contributed by atoms with Gasteiger partial charge in [-0.15, -0.1) is 0 Å². The minimum Gasteiger partial charge on any atom is -1.00 e. The van der Waals surface area contributed by atoms with Crippen LogP contribution in [0, 0.1) is 0 Å². The zero-order valence-electron chi connectivity index (χ0n) is 10.8. The summed E-state index contributed by atoms with van der Waals surface area (Å²) in [6, 6.07) is 10.1. The van der Waals surface area contributed by atoms with Gasteiger partial charge in [0.05, 0.1) is 12.1 Å². The van der Waals surface area contributed by atoms with Gasteiger partial charge < -0.3 is 28.1 Å². The van der Waals surface area contributed by atoms with Gasteiger partial charge in [-0.2, -0.15) is 0 Å². The van der Waals surface area contributed by atoms with Crippen molar-refractivity contribution in [2.75, 3.05) is 26.2 Å². The van der Waals surface area contributed by atoms with Crippen molar-refractivity contribution in [3.05, 3.63) is 35.9 Å². The Balaban J connectivity index is 0.00000162. The van der Waals surface area contributed by atoms with Gasteiger partial charge >= 0.3 is 0 Å². The van der Waals surface area contributed by atoms with Crippen molar-refractivity contribution >= 4 is 0 Å². The fraction of sp³-hybridized carbons (Fsp3) is 0.571. The fourth-order valence-corrected chi connectivity index (χ4v) is 2.52. The second kappa shape index (κ2) is 7.10. The first-order valence-corrected chi connectivity index (χ1v) is 6.54. The minimum atomic E-state index is -0.609. The summed E-state index contributed by atoms with van der Waals surface area (Å²) >= 11 is 0. The number of benzene rings is 1. The molecule has 1 aliphatic rings. The van der Waals surface area contributed by atoms with Gasteiger partial charge in [-0.3, -0.25) is 0 Å². The second-order valence-electron chi connectivity index (χ2n) is 4.95. The third-order valence-corrected chi connectivity index (χ3v) is 3.72. The van der Waals surface area contributed by atoms with E-state index >= 15 is 0 Å². The van der Waals surface area contributed by atoms with Gasteiger partial charge in [0, 0.05) is 26.1 Å². The highest BCUT2D eigenvalue weighted by atomic mass is 35.5. The SMILES string of the molecule is [Cl-].[NH3+]CCCN1CCC(O)(c2ccccc2)CC1. The van der Waals surface area contributed by atoms with E-state index in [1.165, 1.54) is 0 Å². The molecule has 0 bridgehead atoms. The maximum atomic E-state index is 10.6. The van der Waals surface area contributed by atoms with Crippen LogP contribution in [0.4, 0.5) is 0 Å². The summed E-state index contributed by atoms with van der Waals surface area (Å²) in [7, 11) is 0. The van der Waals surface area contributed by atoms with Gasteiger partial charge in [0.25, 0.3) is 0 Å². The van der Waals surface area contributed by atoms with Crippen LogP contribution in [0.2, 0.25) is 0 Å². The molecule has 4 heteroatoms. The lowest BCUT2D eigenvalue weighted by atomic mass is 9.84. The largest absolute Gasteiger partial charge is 1.00 e. The first-order valence-electron chi connectivity index (χ1n) is 6.54. The van der Waals surface area contributed by atoms with Gasteiger partial charge in [-0.05, 0) is 18.4 Å². The summed E-state index contributed by atoms with van der Waals surface area (Å²) in [4.78, 5) is 2.43. The van der Waals surface area contributed by atoms with Crippen molar-refractivity contribution in [1.82, 2.24) is 4.90 Å². The summed E-state index contributed by atoms with van der Waals surface area (Å²) in [6.07, 6.45) is 2.84. The number of rotatable bonds is 4. The van der Waals surface area contributed by atoms with Crippen LogP contribution in [0.25, 0.3) is 0 Å². The normalized spacial score (nSPS) is 19.2. The average molecular weight is 271 g/mol. The third kappa shape index (κ3) is 3.69. The smallest absolute Gasteiger partial charge is 0.0920 e. The van der Waals surface area contributed by atoms with Crippen molar-refractivity contribution < 1.29 is 23.2 Å². The molecule has 4 N–H and O–H groups in total. The molecule has 0 spiro atoms. The zero-order valence-corrected chi connectivity index (χ0v) is 11.6. The summed E-state index contributed by atoms with van der Waals surface area (Å²) in [6.45, 7) is 4.10. The molecule has 0 atom stereocenters. The molecule has 0 unspecified atom stereocenters. The molecule has 2 rings (SSSR count). The minimum absolute atomic E-state index is 0. The highest BCUT2D eigenvalue weighted by molar-refractivity contribution is 5.22. The Morgan fingerprint density at radius 1 is 1.17 bits per heavy atom. The number of halogens is 1. The van der Waals surface area contributed by atoms with Crippen molar-refractivity contribution in [2.45, 2.75) is 24.9 Å². The number of piperidine rings is 1. The number of nitrogens with zero attached hydrogens (tertiary/aromatic N) is 1. The molecule has 102 valence electrons. The van der Waals surface area contributed by atoms with Crippen molar-refractivity contribution in [3.63, 3.8) is 0 Å². The molecule has 1 aromatic carbocycles. The molecule has 18 heavy (non-hydrogen) atoms. The first-order chi connectivity index (χ1) is 8.24. The highest BCUT2D eigenvalue weighted by Gasteiger charge is 2.33. The van der Waals surface area contributed by atoms with Gasteiger partial charge in [0.1, 0.15) is 0 Å². The summed E-state index contributed by atoms with van der Waals surface area (Å²) in [5.41, 5.74) is 4.33. The van der Waals surface area contributed by atoms with Crippen LogP contribution in [-0.4, -0.2) is 36.2 Å². The van der Waals surface area contributed by atoms with Crippen LogP contribution < -0.4 is 18.1 Å². The third-order valence-electron chi connectivity index (χ3n) is 3.72. The van der Waals surface area contributed by atoms with E-state index in [-0.39, 0.29) is 12.4 Å². The van der Waals surface area contributed by atoms with Crippen molar-refractivity contribution in [3.8, 4) is 0 Å². The van der Waals surface area contributed by atoms with Crippen molar-refractivity contribution in [2.24, 2.45) is 0 Å². The van der Waals surface area contributed by atoms with E-state index in [0.717, 1.165) is 51.0 Å². The molecule has 1 aromatic rings. The van der Waals surface area contributed by atoms with Crippen LogP contribution in [0.1, 0.15) is 24.8 Å². The number of hydrogen-bond donors (Lipinski definition) is 2. The lowest BCUT2D eigenvalue weighted by molar-refractivity contribution is -0.368. The van der Waals surface area contributed by atoms with Gasteiger partial charge in [0.15, 0.2) is 0 Å². The predicted octanol–water partition coefficient (Wildman–Crippen LogP) is -2.39. The maximum absolute atomic E-state index is 10.6. The highest BCUT2D eigenvalue weighted by Crippen LogP contribution is 2.32. The van der Waals surface area contributed by atoms with E-state index in [1.807, 2.05) is 30.3 Å². The molecular formula is C14H23ClN2O. The van der Waals surface area contributed by atoms with Gasteiger partial charge in [0.2, 0.25) is 0 Å². The molecule has 1 fully saturated rings. The molecule has 3 nitrogen and oxygen atoms in total. The molecule has 0 aromatic heterocycles. The maximum Gasteiger partial charge on any atom is 0.0920 e. The lowest BCUT2D eigenvalue weighted by Crippen LogP contribution is -3.00. The van der Waals surface area contributed by atoms with Crippen LogP contribution in [0.15, 0.2) is 30.3 Å². The average Bonchev–Trinajstić information content (AvgIpc) is 2.39. The molecule has 0 amide bonds.